The van der Waals surface area contributed by atoms with E-state index in [0.717, 1.165) is 11.8 Å². The first kappa shape index (κ1) is 15.5. The van der Waals surface area contributed by atoms with Crippen molar-refractivity contribution in [3.63, 3.8) is 0 Å². The second-order valence-corrected chi connectivity index (χ2v) is 10.5. The molecule has 2 N–H and O–H groups in total. The van der Waals surface area contributed by atoms with Gasteiger partial charge in [-0.05, 0) is 92.3 Å². The minimum Gasteiger partial charge on any atom is -0.325 e. The molecule has 5 rings (SSSR count). The van der Waals surface area contributed by atoms with E-state index < -0.39 is 0 Å². The fraction of sp³-hybridized carbons (Fsp3) is 1.00. The van der Waals surface area contributed by atoms with Crippen molar-refractivity contribution in [2.45, 2.75) is 103 Å². The number of nitrogens with two attached hydrogens (primary N) is 1. The van der Waals surface area contributed by atoms with E-state index in [1.54, 1.807) is 0 Å². The summed E-state index contributed by atoms with van der Waals surface area (Å²) in [5.74, 6) is 1.82. The van der Waals surface area contributed by atoms with Crippen LogP contribution in [0.4, 0.5) is 0 Å². The molecule has 1 unspecified atom stereocenters. The molecule has 0 saturated heterocycles. The highest BCUT2D eigenvalue weighted by Crippen LogP contribution is 2.70. The number of fused-ring (bicyclic) bond motifs is 3. The van der Waals surface area contributed by atoms with Crippen molar-refractivity contribution in [2.24, 2.45) is 33.8 Å². The van der Waals surface area contributed by atoms with Crippen LogP contribution in [0, 0.1) is 28.1 Å². The van der Waals surface area contributed by atoms with E-state index in [1.807, 2.05) is 0 Å². The fourth-order valence-corrected chi connectivity index (χ4v) is 7.81. The Labute approximate surface area is 137 Å². The van der Waals surface area contributed by atoms with Crippen LogP contribution in [0.25, 0.3) is 0 Å². The summed E-state index contributed by atoms with van der Waals surface area (Å²) in [5.41, 5.74) is 8.92. The maximum Gasteiger partial charge on any atom is 0.0157 e. The van der Waals surface area contributed by atoms with Gasteiger partial charge in [-0.15, -0.1) is 0 Å². The summed E-state index contributed by atoms with van der Waals surface area (Å²) < 4.78 is 0. The van der Waals surface area contributed by atoms with Crippen LogP contribution in [0.1, 0.15) is 97.8 Å². The maximum absolute atomic E-state index is 6.94. The first-order valence-electron chi connectivity index (χ1n) is 10.1. The highest BCUT2D eigenvalue weighted by molar-refractivity contribution is 5.12. The monoisotopic (exact) mass is 303 g/mol. The van der Waals surface area contributed by atoms with Crippen molar-refractivity contribution in [3.8, 4) is 0 Å². The topological polar surface area (TPSA) is 26.0 Å². The zero-order valence-electron chi connectivity index (χ0n) is 15.2. The lowest BCUT2D eigenvalue weighted by atomic mass is 9.47. The van der Waals surface area contributed by atoms with Crippen LogP contribution in [0.2, 0.25) is 0 Å². The van der Waals surface area contributed by atoms with Gasteiger partial charge in [-0.2, -0.15) is 0 Å². The molecule has 1 nitrogen and oxygen atoms in total. The molecule has 22 heavy (non-hydrogen) atoms. The predicted octanol–water partition coefficient (Wildman–Crippen LogP) is 5.67. The molecule has 0 heterocycles. The number of hydrogen-bond acceptors (Lipinski definition) is 1. The normalized spacial score (nSPS) is 58.4. The van der Waals surface area contributed by atoms with Crippen LogP contribution in [0.5, 0.6) is 0 Å². The summed E-state index contributed by atoms with van der Waals surface area (Å²) >= 11 is 0. The SMILES string of the molecule is C[C@@H]1CC2(C)CCC(N)(CC2)CC2CC[C@@]13CCCC[C@]23C. The van der Waals surface area contributed by atoms with Crippen LogP contribution < -0.4 is 5.73 Å². The molecule has 0 aromatic carbocycles. The smallest absolute Gasteiger partial charge is 0.0157 e. The van der Waals surface area contributed by atoms with Gasteiger partial charge in [0.2, 0.25) is 0 Å². The van der Waals surface area contributed by atoms with Crippen LogP contribution in [-0.4, -0.2) is 5.54 Å². The Morgan fingerprint density at radius 2 is 1.50 bits per heavy atom. The molecule has 5 fully saturated rings. The molecule has 0 amide bonds. The van der Waals surface area contributed by atoms with Gasteiger partial charge in [0.05, 0.1) is 0 Å². The van der Waals surface area contributed by atoms with Crippen molar-refractivity contribution >= 4 is 0 Å². The second-order valence-electron chi connectivity index (χ2n) is 10.5. The highest BCUT2D eigenvalue weighted by atomic mass is 14.8. The minimum atomic E-state index is 0.168. The molecule has 5 aliphatic carbocycles. The molecular weight excluding hydrogens is 266 g/mol. The molecule has 0 aromatic heterocycles. The Balaban J connectivity index is 1.77. The van der Waals surface area contributed by atoms with E-state index in [2.05, 4.69) is 20.8 Å². The summed E-state index contributed by atoms with van der Waals surface area (Å²) in [6.45, 7) is 7.89. The third kappa shape index (κ3) is 2.00. The molecular formula is C21H37N. The van der Waals surface area contributed by atoms with Crippen molar-refractivity contribution in [1.82, 2.24) is 0 Å². The van der Waals surface area contributed by atoms with Crippen molar-refractivity contribution in [1.29, 1.82) is 0 Å². The molecule has 0 aromatic rings. The molecule has 5 saturated carbocycles. The van der Waals surface area contributed by atoms with Crippen LogP contribution in [0.15, 0.2) is 0 Å². The zero-order valence-corrected chi connectivity index (χ0v) is 15.2. The van der Waals surface area contributed by atoms with E-state index in [9.17, 15) is 0 Å². The van der Waals surface area contributed by atoms with Gasteiger partial charge in [0, 0.05) is 5.54 Å². The van der Waals surface area contributed by atoms with Gasteiger partial charge in [0.25, 0.3) is 0 Å². The molecule has 5 aliphatic rings. The average Bonchev–Trinajstić information content (AvgIpc) is 2.75. The summed E-state index contributed by atoms with van der Waals surface area (Å²) in [5, 5.41) is 0. The lowest BCUT2D eigenvalue weighted by molar-refractivity contribution is -0.0779. The molecule has 1 heteroatoms. The Kier molecular flexibility index (Phi) is 3.34. The lowest BCUT2D eigenvalue weighted by Crippen LogP contribution is -2.54. The Morgan fingerprint density at radius 1 is 0.818 bits per heavy atom. The Morgan fingerprint density at radius 3 is 2.23 bits per heavy atom. The van der Waals surface area contributed by atoms with Gasteiger partial charge in [0.1, 0.15) is 0 Å². The molecule has 126 valence electrons. The minimum absolute atomic E-state index is 0.168. The first-order valence-corrected chi connectivity index (χ1v) is 10.1. The van der Waals surface area contributed by atoms with Gasteiger partial charge >= 0.3 is 0 Å². The summed E-state index contributed by atoms with van der Waals surface area (Å²) in [4.78, 5) is 0. The largest absolute Gasteiger partial charge is 0.325 e. The van der Waals surface area contributed by atoms with Gasteiger partial charge in [-0.3, -0.25) is 0 Å². The van der Waals surface area contributed by atoms with Crippen LogP contribution in [-0.2, 0) is 0 Å². The molecule has 4 atom stereocenters. The Hall–Kier alpha value is -0.0400. The lowest BCUT2D eigenvalue weighted by Gasteiger charge is -2.58. The van der Waals surface area contributed by atoms with Crippen LogP contribution >= 0.6 is 0 Å². The van der Waals surface area contributed by atoms with Crippen LogP contribution in [0.3, 0.4) is 0 Å². The number of hydrogen-bond donors (Lipinski definition) is 1. The molecule has 0 aliphatic heterocycles. The van der Waals surface area contributed by atoms with Gasteiger partial charge < -0.3 is 5.73 Å². The standard InChI is InChI=1S/C21H37N/c1-16-14-18(2)10-12-20(22,13-11-18)15-17-6-9-21(16)8-5-4-7-19(17,21)3/h16-17H,4-15,22H2,1-3H3/t16-,17?,18?,19-,20?,21+/m1/s1. The second kappa shape index (κ2) is 4.74. The fourth-order valence-electron chi connectivity index (χ4n) is 7.81. The summed E-state index contributed by atoms with van der Waals surface area (Å²) in [6.07, 6.45) is 17.0. The number of rotatable bonds is 0. The van der Waals surface area contributed by atoms with Gasteiger partial charge in [-0.25, -0.2) is 0 Å². The van der Waals surface area contributed by atoms with Gasteiger partial charge in [0.15, 0.2) is 0 Å². The van der Waals surface area contributed by atoms with Gasteiger partial charge in [-0.1, -0.05) is 33.6 Å². The first-order chi connectivity index (χ1) is 10.3. The summed E-state index contributed by atoms with van der Waals surface area (Å²) in [7, 11) is 0. The van der Waals surface area contributed by atoms with Crippen molar-refractivity contribution in [2.75, 3.05) is 0 Å². The van der Waals surface area contributed by atoms with E-state index in [-0.39, 0.29) is 5.54 Å². The molecule has 0 radical (unpaired) electrons. The third-order valence-electron chi connectivity index (χ3n) is 9.39. The van der Waals surface area contributed by atoms with E-state index in [1.165, 1.54) is 77.0 Å². The zero-order chi connectivity index (χ0) is 15.6. The van der Waals surface area contributed by atoms with E-state index >= 15 is 0 Å². The molecule has 0 spiro atoms. The quantitative estimate of drug-likeness (QED) is 0.613. The van der Waals surface area contributed by atoms with E-state index in [0.29, 0.717) is 16.2 Å². The predicted molar refractivity (Wildman–Crippen MR) is 93.6 cm³/mol. The summed E-state index contributed by atoms with van der Waals surface area (Å²) in [6, 6.07) is 0. The maximum atomic E-state index is 6.94. The van der Waals surface area contributed by atoms with Crippen molar-refractivity contribution in [3.05, 3.63) is 0 Å². The van der Waals surface area contributed by atoms with Crippen molar-refractivity contribution < 1.29 is 0 Å². The van der Waals surface area contributed by atoms with E-state index in [4.69, 9.17) is 5.73 Å². The molecule has 4 bridgehead atoms. The Bertz CT molecular complexity index is 447. The highest BCUT2D eigenvalue weighted by Gasteiger charge is 2.61. The average molecular weight is 304 g/mol. The third-order valence-corrected chi connectivity index (χ3v) is 9.39.